The molecule has 0 amide bonds. The Morgan fingerprint density at radius 3 is 2.62 bits per heavy atom. The van der Waals surface area contributed by atoms with Crippen molar-refractivity contribution in [2.45, 2.75) is 57.7 Å². The van der Waals surface area contributed by atoms with Gasteiger partial charge in [0.05, 0.1) is 13.3 Å². The number of Topliss-reactive ketones (excluding diaryl/α,β-unsaturated/α-hetero) is 1. The minimum Gasteiger partial charge on any atom is -0.493 e. The molecule has 3 heterocycles. The molecule has 2 aliphatic rings. The van der Waals surface area contributed by atoms with Crippen LogP contribution < -0.4 is 4.74 Å². The molecule has 2 bridgehead atoms. The molecular weight excluding hydrogens is 266 g/mol. The third kappa shape index (κ3) is 2.48. The minimum absolute atomic E-state index is 0.125. The number of carbonyl (C=O) groups excluding carboxylic acids is 1. The van der Waals surface area contributed by atoms with Crippen LogP contribution in [-0.4, -0.2) is 46.7 Å². The van der Waals surface area contributed by atoms with Crippen molar-refractivity contribution >= 4 is 5.78 Å². The van der Waals surface area contributed by atoms with Gasteiger partial charge in [-0.15, -0.1) is 0 Å². The highest BCUT2D eigenvalue weighted by Crippen LogP contribution is 2.39. The number of ketones is 1. The number of carbonyl (C=O) groups is 1. The van der Waals surface area contributed by atoms with E-state index in [0.717, 1.165) is 25.8 Å². The minimum atomic E-state index is 0.125. The molecule has 5 nitrogen and oxygen atoms in total. The summed E-state index contributed by atoms with van der Waals surface area (Å²) in [6, 6.07) is 1.15. The molecule has 1 aromatic heterocycles. The summed E-state index contributed by atoms with van der Waals surface area (Å²) in [6.45, 7) is 2.86. The van der Waals surface area contributed by atoms with E-state index in [4.69, 9.17) is 4.74 Å². The van der Waals surface area contributed by atoms with Crippen LogP contribution in [0.5, 0.6) is 5.75 Å². The average Bonchev–Trinajstić information content (AvgIpc) is 2.95. The van der Waals surface area contributed by atoms with Crippen molar-refractivity contribution < 1.29 is 9.53 Å². The van der Waals surface area contributed by atoms with Gasteiger partial charge in [0.1, 0.15) is 5.69 Å². The van der Waals surface area contributed by atoms with Gasteiger partial charge in [-0.05, 0) is 39.2 Å². The summed E-state index contributed by atoms with van der Waals surface area (Å²) in [5.41, 5.74) is 0.674. The van der Waals surface area contributed by atoms with Gasteiger partial charge in [0.2, 0.25) is 0 Å². The number of hydrogen-bond donors (Lipinski definition) is 0. The number of ether oxygens (including phenoxy) is 1. The van der Waals surface area contributed by atoms with Gasteiger partial charge >= 0.3 is 0 Å². The highest BCUT2D eigenvalue weighted by atomic mass is 16.5. The first-order chi connectivity index (χ1) is 10.2. The number of nitrogens with zero attached hydrogens (tertiary/aromatic N) is 3. The Labute approximate surface area is 126 Å². The molecule has 3 rings (SSSR count). The van der Waals surface area contributed by atoms with E-state index in [0.29, 0.717) is 23.5 Å². The van der Waals surface area contributed by atoms with E-state index in [1.54, 1.807) is 13.3 Å². The summed E-state index contributed by atoms with van der Waals surface area (Å²) >= 11 is 0. The van der Waals surface area contributed by atoms with Crippen molar-refractivity contribution in [1.29, 1.82) is 0 Å². The highest BCUT2D eigenvalue weighted by molar-refractivity contribution is 5.98. The van der Waals surface area contributed by atoms with Gasteiger partial charge in [-0.2, -0.15) is 5.10 Å². The maximum absolute atomic E-state index is 13.0. The molecular formula is C16H25N3O2. The topological polar surface area (TPSA) is 47.4 Å². The van der Waals surface area contributed by atoms with Crippen molar-refractivity contribution in [3.8, 4) is 5.75 Å². The van der Waals surface area contributed by atoms with Crippen LogP contribution in [0, 0.1) is 5.92 Å². The van der Waals surface area contributed by atoms with E-state index in [1.165, 1.54) is 12.8 Å². The first-order valence-corrected chi connectivity index (χ1v) is 8.01. The van der Waals surface area contributed by atoms with Crippen LogP contribution in [0.4, 0.5) is 0 Å². The quantitative estimate of drug-likeness (QED) is 0.781. The van der Waals surface area contributed by atoms with Crippen molar-refractivity contribution in [2.75, 3.05) is 14.2 Å². The molecule has 2 unspecified atom stereocenters. The number of aryl methyl sites for hydroxylation is 1. The molecule has 116 valence electrons. The van der Waals surface area contributed by atoms with E-state index in [9.17, 15) is 4.79 Å². The number of rotatable bonds is 5. The van der Waals surface area contributed by atoms with Crippen LogP contribution in [0.15, 0.2) is 6.20 Å². The largest absolute Gasteiger partial charge is 0.493 e. The number of fused-ring (bicyclic) bond motifs is 2. The van der Waals surface area contributed by atoms with Gasteiger partial charge in [-0.3, -0.25) is 9.48 Å². The summed E-state index contributed by atoms with van der Waals surface area (Å²) in [5, 5.41) is 4.32. The second kappa shape index (κ2) is 5.79. The molecule has 0 spiro atoms. The summed E-state index contributed by atoms with van der Waals surface area (Å²) in [4.78, 5) is 15.5. The lowest BCUT2D eigenvalue weighted by Gasteiger charge is -2.35. The molecule has 0 aliphatic carbocycles. The molecule has 2 aliphatic heterocycles. The predicted octanol–water partition coefficient (Wildman–Crippen LogP) is 2.36. The van der Waals surface area contributed by atoms with E-state index in [2.05, 4.69) is 24.0 Å². The number of methoxy groups -OCH3 is 1. The molecule has 2 saturated heterocycles. The summed E-state index contributed by atoms with van der Waals surface area (Å²) in [7, 11) is 3.81. The second-order valence-electron chi connectivity index (χ2n) is 6.37. The molecule has 0 N–H and O–H groups in total. The maximum Gasteiger partial charge on any atom is 0.187 e. The fourth-order valence-corrected chi connectivity index (χ4v) is 3.97. The van der Waals surface area contributed by atoms with Crippen LogP contribution in [0.2, 0.25) is 0 Å². The van der Waals surface area contributed by atoms with Crippen molar-refractivity contribution in [3.63, 3.8) is 0 Å². The maximum atomic E-state index is 13.0. The Morgan fingerprint density at radius 2 is 2.05 bits per heavy atom. The zero-order chi connectivity index (χ0) is 15.0. The molecule has 0 saturated carbocycles. The number of aromatic nitrogens is 2. The van der Waals surface area contributed by atoms with Crippen molar-refractivity contribution in [3.05, 3.63) is 11.9 Å². The van der Waals surface area contributed by atoms with E-state index < -0.39 is 0 Å². The molecule has 5 heteroatoms. The van der Waals surface area contributed by atoms with Crippen LogP contribution in [0.3, 0.4) is 0 Å². The fourth-order valence-electron chi connectivity index (χ4n) is 3.97. The smallest absolute Gasteiger partial charge is 0.187 e. The number of piperidine rings is 1. The molecule has 0 aromatic carbocycles. The van der Waals surface area contributed by atoms with E-state index in [-0.39, 0.29) is 11.7 Å². The molecule has 2 fully saturated rings. The van der Waals surface area contributed by atoms with Gasteiger partial charge in [0.25, 0.3) is 0 Å². The van der Waals surface area contributed by atoms with Crippen molar-refractivity contribution in [1.82, 2.24) is 14.7 Å². The third-order valence-electron chi connectivity index (χ3n) is 5.16. The van der Waals surface area contributed by atoms with Crippen LogP contribution >= 0.6 is 0 Å². The Balaban J connectivity index is 1.84. The second-order valence-corrected chi connectivity index (χ2v) is 6.37. The van der Waals surface area contributed by atoms with Gasteiger partial charge in [-0.25, -0.2) is 0 Å². The molecule has 2 atom stereocenters. The SMILES string of the molecule is CCCn1ncc(OC)c1C(=O)C1CC2CCC(C1)N2C. The van der Waals surface area contributed by atoms with Gasteiger partial charge < -0.3 is 9.64 Å². The normalized spacial score (nSPS) is 28.8. The predicted molar refractivity (Wildman–Crippen MR) is 80.7 cm³/mol. The number of hydrogen-bond acceptors (Lipinski definition) is 4. The van der Waals surface area contributed by atoms with E-state index >= 15 is 0 Å². The first kappa shape index (κ1) is 14.6. The third-order valence-corrected chi connectivity index (χ3v) is 5.16. The lowest BCUT2D eigenvalue weighted by atomic mass is 9.86. The standard InChI is InChI=1S/C16H25N3O2/c1-4-7-19-15(14(21-3)10-17-19)16(20)11-8-12-5-6-13(9-11)18(12)2/h10-13H,4-9H2,1-3H3. The highest BCUT2D eigenvalue weighted by Gasteiger charge is 2.42. The summed E-state index contributed by atoms with van der Waals surface area (Å²) < 4.78 is 7.18. The van der Waals surface area contributed by atoms with E-state index in [1.807, 2.05) is 4.68 Å². The van der Waals surface area contributed by atoms with Gasteiger partial charge in [-0.1, -0.05) is 6.92 Å². The average molecular weight is 291 g/mol. The Kier molecular flexibility index (Phi) is 4.02. The van der Waals surface area contributed by atoms with Crippen molar-refractivity contribution in [2.24, 2.45) is 5.92 Å². The molecule has 0 radical (unpaired) electrons. The van der Waals surface area contributed by atoms with Gasteiger partial charge in [0, 0.05) is 24.5 Å². The fraction of sp³-hybridized carbons (Fsp3) is 0.750. The van der Waals surface area contributed by atoms with Crippen LogP contribution in [-0.2, 0) is 6.54 Å². The zero-order valence-electron chi connectivity index (χ0n) is 13.2. The monoisotopic (exact) mass is 291 g/mol. The first-order valence-electron chi connectivity index (χ1n) is 8.01. The Hall–Kier alpha value is -1.36. The molecule has 1 aromatic rings. The Morgan fingerprint density at radius 1 is 1.38 bits per heavy atom. The van der Waals surface area contributed by atoms with Gasteiger partial charge in [0.15, 0.2) is 11.5 Å². The lowest BCUT2D eigenvalue weighted by Crippen LogP contribution is -2.42. The van der Waals surface area contributed by atoms with Crippen LogP contribution in [0.25, 0.3) is 0 Å². The molecule has 21 heavy (non-hydrogen) atoms. The zero-order valence-corrected chi connectivity index (χ0v) is 13.2. The van der Waals surface area contributed by atoms with Crippen LogP contribution in [0.1, 0.15) is 49.5 Å². The lowest BCUT2D eigenvalue weighted by molar-refractivity contribution is 0.0753. The summed E-state index contributed by atoms with van der Waals surface area (Å²) in [6.07, 6.45) is 7.06. The Bertz CT molecular complexity index is 512. The summed E-state index contributed by atoms with van der Waals surface area (Å²) in [5.74, 6) is 0.974.